The Morgan fingerprint density at radius 2 is 2.00 bits per heavy atom. The Balaban J connectivity index is 2.48. The van der Waals surface area contributed by atoms with E-state index >= 15 is 0 Å². The summed E-state index contributed by atoms with van der Waals surface area (Å²) in [6.07, 6.45) is 4.54. The predicted octanol–water partition coefficient (Wildman–Crippen LogP) is 0.296. The first-order chi connectivity index (χ1) is 11.6. The number of carbonyl (C=O) groups excluding carboxylic acids is 3. The number of nitrogens with two attached hydrogens (primary N) is 1. The van der Waals surface area contributed by atoms with Crippen LogP contribution in [-0.4, -0.2) is 45.7 Å². The molecule has 0 radical (unpaired) electrons. The van der Waals surface area contributed by atoms with E-state index in [1.807, 2.05) is 13.8 Å². The number of imidazole rings is 1. The first kappa shape index (κ1) is 20.8. The van der Waals surface area contributed by atoms with Gasteiger partial charge in [0.15, 0.2) is 5.78 Å². The van der Waals surface area contributed by atoms with Gasteiger partial charge in [0.1, 0.15) is 0 Å². The van der Waals surface area contributed by atoms with Gasteiger partial charge in [0.05, 0.1) is 24.5 Å². The summed E-state index contributed by atoms with van der Waals surface area (Å²) >= 11 is 0. The van der Waals surface area contributed by atoms with Crippen LogP contribution in [0.4, 0.5) is 0 Å². The van der Waals surface area contributed by atoms with Crippen molar-refractivity contribution in [3.8, 4) is 0 Å². The highest BCUT2D eigenvalue weighted by Gasteiger charge is 2.30. The maximum absolute atomic E-state index is 12.4. The van der Waals surface area contributed by atoms with Crippen molar-refractivity contribution >= 4 is 17.6 Å². The van der Waals surface area contributed by atoms with Crippen LogP contribution >= 0.6 is 0 Å². The van der Waals surface area contributed by atoms with Crippen LogP contribution in [0, 0.1) is 5.92 Å². The molecule has 0 saturated heterocycles. The molecule has 1 atom stereocenters. The Kier molecular flexibility index (Phi) is 7.76. The Hall–Kier alpha value is -2.22. The number of aryl methyl sites for hydroxylation is 1. The van der Waals surface area contributed by atoms with Crippen molar-refractivity contribution in [1.29, 1.82) is 0 Å². The molecule has 0 fully saturated rings. The third-order valence-corrected chi connectivity index (χ3v) is 3.88. The number of ketones is 1. The Morgan fingerprint density at radius 1 is 1.32 bits per heavy atom. The summed E-state index contributed by atoms with van der Waals surface area (Å²) in [5, 5.41) is 5.63. The molecule has 1 unspecified atom stereocenters. The molecule has 1 aromatic rings. The number of rotatable bonds is 11. The lowest BCUT2D eigenvalue weighted by Gasteiger charge is -2.26. The second-order valence-corrected chi connectivity index (χ2v) is 7.14. The zero-order valence-corrected chi connectivity index (χ0v) is 15.4. The monoisotopic (exact) mass is 351 g/mol. The van der Waals surface area contributed by atoms with Crippen LogP contribution in [0.25, 0.3) is 0 Å². The van der Waals surface area contributed by atoms with E-state index in [0.717, 1.165) is 5.69 Å². The van der Waals surface area contributed by atoms with Crippen molar-refractivity contribution in [3.63, 3.8) is 0 Å². The molecule has 5 N–H and O–H groups in total. The largest absolute Gasteiger partial charge is 0.368 e. The molecule has 0 bridgehead atoms. The molecule has 0 saturated carbocycles. The molecule has 1 aromatic heterocycles. The van der Waals surface area contributed by atoms with Crippen LogP contribution in [0.3, 0.4) is 0 Å². The summed E-state index contributed by atoms with van der Waals surface area (Å²) in [4.78, 5) is 42.7. The zero-order chi connectivity index (χ0) is 19.0. The number of amides is 2. The fourth-order valence-corrected chi connectivity index (χ4v) is 2.36. The van der Waals surface area contributed by atoms with E-state index in [-0.39, 0.29) is 30.6 Å². The zero-order valence-electron chi connectivity index (χ0n) is 15.4. The van der Waals surface area contributed by atoms with Crippen LogP contribution < -0.4 is 16.4 Å². The van der Waals surface area contributed by atoms with Gasteiger partial charge in [-0.1, -0.05) is 13.8 Å². The maximum atomic E-state index is 12.4. The SMILES string of the molecule is CC(C)CC(NCC(=O)C(C)(C)NC(=O)CCc1cnc[nH]1)C(N)=O. The average Bonchev–Trinajstić information content (AvgIpc) is 3.01. The maximum Gasteiger partial charge on any atom is 0.234 e. The molecule has 2 amide bonds. The van der Waals surface area contributed by atoms with Gasteiger partial charge in [0.25, 0.3) is 0 Å². The van der Waals surface area contributed by atoms with Gasteiger partial charge in [-0.15, -0.1) is 0 Å². The lowest BCUT2D eigenvalue weighted by molar-refractivity contribution is -0.130. The minimum Gasteiger partial charge on any atom is -0.368 e. The van der Waals surface area contributed by atoms with Gasteiger partial charge in [-0.25, -0.2) is 4.98 Å². The number of aromatic nitrogens is 2. The van der Waals surface area contributed by atoms with Crippen LogP contribution in [0.2, 0.25) is 0 Å². The fourth-order valence-electron chi connectivity index (χ4n) is 2.36. The molecule has 0 aliphatic carbocycles. The smallest absolute Gasteiger partial charge is 0.234 e. The second-order valence-electron chi connectivity index (χ2n) is 7.14. The molecule has 140 valence electrons. The molecular formula is C17H29N5O3. The number of Topliss-reactive ketones (excluding diaryl/α,β-unsaturated/α-hetero) is 1. The average molecular weight is 351 g/mol. The number of nitrogens with one attached hydrogen (secondary N) is 3. The second kappa shape index (κ2) is 9.31. The number of hydrogen-bond donors (Lipinski definition) is 4. The summed E-state index contributed by atoms with van der Waals surface area (Å²) in [5.41, 5.74) is 5.19. The van der Waals surface area contributed by atoms with Crippen LogP contribution in [-0.2, 0) is 20.8 Å². The van der Waals surface area contributed by atoms with E-state index < -0.39 is 17.5 Å². The predicted molar refractivity (Wildman–Crippen MR) is 94.6 cm³/mol. The highest BCUT2D eigenvalue weighted by atomic mass is 16.2. The molecule has 25 heavy (non-hydrogen) atoms. The topological polar surface area (TPSA) is 130 Å². The standard InChI is InChI=1S/C17H29N5O3/c1-11(2)7-13(16(18)25)20-9-14(23)17(3,4)22-15(24)6-5-12-8-19-10-21-12/h8,10-11,13,20H,5-7,9H2,1-4H3,(H2,18,25)(H,19,21)(H,22,24). The van der Waals surface area contributed by atoms with E-state index in [9.17, 15) is 14.4 Å². The number of carbonyl (C=O) groups is 3. The molecule has 0 aliphatic rings. The van der Waals surface area contributed by atoms with Gasteiger partial charge in [0.2, 0.25) is 11.8 Å². The number of primary amides is 1. The molecule has 1 rings (SSSR count). The highest BCUT2D eigenvalue weighted by molar-refractivity contribution is 5.94. The first-order valence-electron chi connectivity index (χ1n) is 8.46. The molecule has 0 aromatic carbocycles. The van der Waals surface area contributed by atoms with Gasteiger partial charge in [-0.05, 0) is 32.6 Å². The van der Waals surface area contributed by atoms with Crippen molar-refractivity contribution in [2.24, 2.45) is 11.7 Å². The molecule has 0 aliphatic heterocycles. The van der Waals surface area contributed by atoms with Crippen molar-refractivity contribution < 1.29 is 14.4 Å². The molecule has 0 spiro atoms. The van der Waals surface area contributed by atoms with Gasteiger partial charge < -0.3 is 16.0 Å². The van der Waals surface area contributed by atoms with Crippen molar-refractivity contribution in [2.45, 2.75) is 58.5 Å². The molecule has 1 heterocycles. The molecule has 8 heteroatoms. The van der Waals surface area contributed by atoms with Gasteiger partial charge in [0, 0.05) is 18.3 Å². The molecular weight excluding hydrogens is 322 g/mol. The van der Waals surface area contributed by atoms with E-state index in [1.54, 1.807) is 26.4 Å². The van der Waals surface area contributed by atoms with Crippen LogP contribution in [0.5, 0.6) is 0 Å². The quantitative estimate of drug-likeness (QED) is 0.455. The lowest BCUT2D eigenvalue weighted by atomic mass is 9.97. The first-order valence-corrected chi connectivity index (χ1v) is 8.46. The van der Waals surface area contributed by atoms with Gasteiger partial charge >= 0.3 is 0 Å². The van der Waals surface area contributed by atoms with Crippen molar-refractivity contribution in [3.05, 3.63) is 18.2 Å². The van der Waals surface area contributed by atoms with Gasteiger partial charge in [-0.3, -0.25) is 19.7 Å². The van der Waals surface area contributed by atoms with Gasteiger partial charge in [-0.2, -0.15) is 0 Å². The summed E-state index contributed by atoms with van der Waals surface area (Å²) < 4.78 is 0. The molecule has 8 nitrogen and oxygen atoms in total. The van der Waals surface area contributed by atoms with E-state index in [1.165, 1.54) is 0 Å². The van der Waals surface area contributed by atoms with E-state index in [0.29, 0.717) is 12.8 Å². The van der Waals surface area contributed by atoms with E-state index in [4.69, 9.17) is 5.73 Å². The normalized spacial score (nSPS) is 12.8. The minimum absolute atomic E-state index is 0.0336. The Morgan fingerprint density at radius 3 is 2.52 bits per heavy atom. The minimum atomic E-state index is -1.03. The van der Waals surface area contributed by atoms with Crippen molar-refractivity contribution in [1.82, 2.24) is 20.6 Å². The summed E-state index contributed by atoms with van der Waals surface area (Å²) in [7, 11) is 0. The summed E-state index contributed by atoms with van der Waals surface area (Å²) in [6, 6.07) is -0.559. The number of hydrogen-bond acceptors (Lipinski definition) is 5. The Bertz CT molecular complexity index is 581. The number of aromatic amines is 1. The highest BCUT2D eigenvalue weighted by Crippen LogP contribution is 2.08. The number of nitrogens with zero attached hydrogens (tertiary/aromatic N) is 1. The lowest BCUT2D eigenvalue weighted by Crippen LogP contribution is -2.54. The van der Waals surface area contributed by atoms with Crippen LogP contribution in [0.15, 0.2) is 12.5 Å². The van der Waals surface area contributed by atoms with Crippen LogP contribution in [0.1, 0.15) is 46.2 Å². The van der Waals surface area contributed by atoms with E-state index in [2.05, 4.69) is 20.6 Å². The summed E-state index contributed by atoms with van der Waals surface area (Å²) in [6.45, 7) is 7.21. The number of H-pyrrole nitrogens is 1. The fraction of sp³-hybridized carbons (Fsp3) is 0.647. The summed E-state index contributed by atoms with van der Waals surface area (Å²) in [5.74, 6) is -0.642. The van der Waals surface area contributed by atoms with Crippen molar-refractivity contribution in [2.75, 3.05) is 6.54 Å². The third-order valence-electron chi connectivity index (χ3n) is 3.88. The third kappa shape index (κ3) is 7.47. The Labute approximate surface area is 148 Å².